The summed E-state index contributed by atoms with van der Waals surface area (Å²) in [5.74, 6) is 0. The van der Waals surface area contributed by atoms with Crippen LogP contribution in [0.2, 0.25) is 0 Å². The fourth-order valence-electron chi connectivity index (χ4n) is 5.11. The molecule has 0 aliphatic carbocycles. The molecule has 0 amide bonds. The second-order valence-electron chi connectivity index (χ2n) is 7.87. The van der Waals surface area contributed by atoms with E-state index in [2.05, 4.69) is 70.2 Å². The van der Waals surface area contributed by atoms with Gasteiger partial charge in [-0.25, -0.2) is 4.98 Å². The molecule has 0 aliphatic rings. The van der Waals surface area contributed by atoms with Crippen molar-refractivity contribution >= 4 is 90.3 Å². The van der Waals surface area contributed by atoms with Gasteiger partial charge in [0.25, 0.3) is 0 Å². The minimum Gasteiger partial charge on any atom is -0.298 e. The van der Waals surface area contributed by atoms with Gasteiger partial charge in [-0.1, -0.05) is 36.4 Å². The summed E-state index contributed by atoms with van der Waals surface area (Å²) in [5, 5.41) is 8.92. The zero-order valence-electron chi connectivity index (χ0n) is 16.2. The summed E-state index contributed by atoms with van der Waals surface area (Å²) in [4.78, 5) is 9.16. The molecule has 0 fully saturated rings. The second kappa shape index (κ2) is 5.58. The number of hydrogen-bond donors (Lipinski definition) is 0. The Morgan fingerprint density at radius 1 is 0.645 bits per heavy atom. The first kappa shape index (κ1) is 16.2. The van der Waals surface area contributed by atoms with Gasteiger partial charge in [-0.05, 0) is 23.6 Å². The molecular formula is C26H13N3S2. The van der Waals surface area contributed by atoms with Crippen LogP contribution >= 0.6 is 22.7 Å². The summed E-state index contributed by atoms with van der Waals surface area (Å²) in [6.45, 7) is 0. The Hall–Kier alpha value is -3.54. The van der Waals surface area contributed by atoms with Crippen molar-refractivity contribution in [3.05, 3.63) is 79.4 Å². The number of thiophene rings is 2. The SMILES string of the molecule is c1ccc2c(c1)sc1c3sc4ccccc4c3c3c(c4ccncc4c4nccn43)c21. The number of fused-ring (bicyclic) bond motifs is 15. The Morgan fingerprint density at radius 2 is 1.35 bits per heavy atom. The smallest absolute Gasteiger partial charge is 0.146 e. The molecule has 3 aromatic carbocycles. The Balaban J connectivity index is 1.89. The second-order valence-corrected chi connectivity index (χ2v) is 9.97. The van der Waals surface area contributed by atoms with Crippen molar-refractivity contribution in [2.24, 2.45) is 0 Å². The molecule has 0 spiro atoms. The van der Waals surface area contributed by atoms with E-state index in [1.807, 2.05) is 41.3 Å². The van der Waals surface area contributed by atoms with Crippen molar-refractivity contribution in [2.75, 3.05) is 0 Å². The summed E-state index contributed by atoms with van der Waals surface area (Å²) in [6, 6.07) is 19.7. The maximum atomic E-state index is 4.73. The van der Waals surface area contributed by atoms with Crippen LogP contribution in [0.4, 0.5) is 0 Å². The molecule has 0 saturated heterocycles. The van der Waals surface area contributed by atoms with Gasteiger partial charge in [0.15, 0.2) is 0 Å². The van der Waals surface area contributed by atoms with E-state index in [0.717, 1.165) is 11.0 Å². The first-order valence-corrected chi connectivity index (χ1v) is 11.8. The maximum absolute atomic E-state index is 4.73. The molecule has 0 bridgehead atoms. The van der Waals surface area contributed by atoms with Crippen LogP contribution in [0.5, 0.6) is 0 Å². The van der Waals surface area contributed by atoms with Gasteiger partial charge >= 0.3 is 0 Å². The zero-order chi connectivity index (χ0) is 20.1. The monoisotopic (exact) mass is 431 g/mol. The van der Waals surface area contributed by atoms with Crippen molar-refractivity contribution in [3.63, 3.8) is 0 Å². The number of benzene rings is 3. The van der Waals surface area contributed by atoms with Crippen molar-refractivity contribution in [3.8, 4) is 0 Å². The van der Waals surface area contributed by atoms with Gasteiger partial charge in [-0.2, -0.15) is 0 Å². The van der Waals surface area contributed by atoms with E-state index in [1.54, 1.807) is 0 Å². The predicted molar refractivity (Wildman–Crippen MR) is 134 cm³/mol. The van der Waals surface area contributed by atoms with E-state index in [0.29, 0.717) is 0 Å². The van der Waals surface area contributed by atoms with Gasteiger partial charge in [0.2, 0.25) is 0 Å². The van der Waals surface area contributed by atoms with Crippen LogP contribution in [0.1, 0.15) is 0 Å². The number of rotatable bonds is 0. The molecule has 0 aliphatic heterocycles. The third-order valence-electron chi connectivity index (χ3n) is 6.33. The summed E-state index contributed by atoms with van der Waals surface area (Å²) in [7, 11) is 0. The summed E-state index contributed by atoms with van der Waals surface area (Å²) in [6.07, 6.45) is 7.85. The number of aromatic nitrogens is 3. The molecule has 5 heterocycles. The third-order valence-corrected chi connectivity index (χ3v) is 8.84. The predicted octanol–water partition coefficient (Wildman–Crippen LogP) is 7.77. The number of imidazole rings is 1. The fraction of sp³-hybridized carbons (Fsp3) is 0. The molecule has 8 aromatic rings. The van der Waals surface area contributed by atoms with Crippen LogP contribution in [0, 0.1) is 0 Å². The Kier molecular flexibility index (Phi) is 2.91. The quantitative estimate of drug-likeness (QED) is 0.230. The van der Waals surface area contributed by atoms with Gasteiger partial charge in [0.1, 0.15) is 5.65 Å². The molecule has 0 radical (unpaired) electrons. The lowest BCUT2D eigenvalue weighted by Gasteiger charge is -2.12. The molecule has 5 aromatic heterocycles. The van der Waals surface area contributed by atoms with Gasteiger partial charge in [0.05, 0.1) is 14.9 Å². The Labute approximate surface area is 183 Å². The van der Waals surface area contributed by atoms with E-state index in [4.69, 9.17) is 4.98 Å². The van der Waals surface area contributed by atoms with Crippen molar-refractivity contribution in [2.45, 2.75) is 0 Å². The topological polar surface area (TPSA) is 30.2 Å². The fourth-order valence-corrected chi connectivity index (χ4v) is 7.67. The van der Waals surface area contributed by atoms with Crippen LogP contribution in [-0.2, 0) is 0 Å². The normalized spacial score (nSPS) is 12.5. The van der Waals surface area contributed by atoms with Crippen LogP contribution in [-0.4, -0.2) is 14.4 Å². The van der Waals surface area contributed by atoms with Crippen molar-refractivity contribution in [1.29, 1.82) is 0 Å². The molecule has 0 N–H and O–H groups in total. The summed E-state index contributed by atoms with van der Waals surface area (Å²) < 4.78 is 7.67. The summed E-state index contributed by atoms with van der Waals surface area (Å²) in [5.41, 5.74) is 2.21. The number of hydrogen-bond acceptors (Lipinski definition) is 4. The van der Waals surface area contributed by atoms with Crippen LogP contribution in [0.15, 0.2) is 79.4 Å². The standard InChI is InChI=1S/C26H13N3S2/c1-3-7-18-15(5-1)21-20-14-9-10-27-13-17(14)26-28-11-12-29(26)23(20)22-16-6-2-4-8-19(16)31-25(22)24(21)30-18/h1-13H. The molecule has 5 heteroatoms. The molecule has 31 heavy (non-hydrogen) atoms. The molecule has 0 saturated carbocycles. The van der Waals surface area contributed by atoms with E-state index in [-0.39, 0.29) is 0 Å². The molecule has 0 unspecified atom stereocenters. The third kappa shape index (κ3) is 1.89. The van der Waals surface area contributed by atoms with Crippen LogP contribution in [0.3, 0.4) is 0 Å². The van der Waals surface area contributed by atoms with Gasteiger partial charge in [0, 0.05) is 66.5 Å². The van der Waals surface area contributed by atoms with E-state index >= 15 is 0 Å². The zero-order valence-corrected chi connectivity index (χ0v) is 17.8. The highest BCUT2D eigenvalue weighted by atomic mass is 32.1. The van der Waals surface area contributed by atoms with Gasteiger partial charge in [-0.15, -0.1) is 22.7 Å². The Bertz CT molecular complexity index is 2010. The number of nitrogens with zero attached hydrogens (tertiary/aromatic N) is 3. The number of pyridine rings is 2. The summed E-state index contributed by atoms with van der Waals surface area (Å²) >= 11 is 3.81. The lowest BCUT2D eigenvalue weighted by atomic mass is 9.98. The molecular weight excluding hydrogens is 418 g/mol. The average molecular weight is 432 g/mol. The van der Waals surface area contributed by atoms with Crippen molar-refractivity contribution in [1.82, 2.24) is 14.4 Å². The largest absolute Gasteiger partial charge is 0.298 e. The van der Waals surface area contributed by atoms with E-state index in [1.165, 1.54) is 56.6 Å². The Morgan fingerprint density at radius 3 is 2.16 bits per heavy atom. The molecule has 144 valence electrons. The van der Waals surface area contributed by atoms with Crippen molar-refractivity contribution < 1.29 is 0 Å². The van der Waals surface area contributed by atoms with Crippen LogP contribution in [0.25, 0.3) is 67.7 Å². The van der Waals surface area contributed by atoms with E-state index < -0.39 is 0 Å². The maximum Gasteiger partial charge on any atom is 0.146 e. The lowest BCUT2D eigenvalue weighted by Crippen LogP contribution is -1.92. The first-order valence-electron chi connectivity index (χ1n) is 10.2. The minimum atomic E-state index is 0.964. The average Bonchev–Trinajstić information content (AvgIpc) is 3.53. The van der Waals surface area contributed by atoms with Gasteiger partial charge in [-0.3, -0.25) is 9.38 Å². The minimum absolute atomic E-state index is 0.964. The van der Waals surface area contributed by atoms with Crippen LogP contribution < -0.4 is 0 Å². The highest BCUT2D eigenvalue weighted by Gasteiger charge is 2.22. The molecule has 8 rings (SSSR count). The highest BCUT2D eigenvalue weighted by molar-refractivity contribution is 7.33. The van der Waals surface area contributed by atoms with E-state index in [9.17, 15) is 0 Å². The lowest BCUT2D eigenvalue weighted by molar-refractivity contribution is 1.27. The molecule has 3 nitrogen and oxygen atoms in total. The first-order chi connectivity index (χ1) is 15.4. The molecule has 0 atom stereocenters. The highest BCUT2D eigenvalue weighted by Crippen LogP contribution is 2.50. The van der Waals surface area contributed by atoms with Gasteiger partial charge < -0.3 is 0 Å².